The third-order valence-electron chi connectivity index (χ3n) is 3.67. The van der Waals surface area contributed by atoms with Crippen molar-refractivity contribution >= 4 is 0 Å². The summed E-state index contributed by atoms with van der Waals surface area (Å²) >= 11 is 0. The van der Waals surface area contributed by atoms with E-state index in [-0.39, 0.29) is 37.4 Å². The lowest BCUT2D eigenvalue weighted by Crippen LogP contribution is -2.40. The molecule has 2 fully saturated rings. The quantitative estimate of drug-likeness (QED) is 0.738. The maximum atomic E-state index is 12.6. The zero-order valence-electron chi connectivity index (χ0n) is 8.33. The summed E-state index contributed by atoms with van der Waals surface area (Å²) in [6.07, 6.45) is -3.51. The Bertz CT molecular complexity index is 229. The zero-order valence-corrected chi connectivity index (χ0v) is 8.33. The molecule has 0 amide bonds. The molecule has 0 aromatic heterocycles. The van der Waals surface area contributed by atoms with Gasteiger partial charge in [-0.2, -0.15) is 13.2 Å². The largest absolute Gasteiger partial charge is 0.396 e. The summed E-state index contributed by atoms with van der Waals surface area (Å²) in [4.78, 5) is 0. The number of halogens is 3. The predicted molar refractivity (Wildman–Crippen MR) is 47.2 cm³/mol. The van der Waals surface area contributed by atoms with E-state index in [1.165, 1.54) is 0 Å². The van der Waals surface area contributed by atoms with Gasteiger partial charge in [0.15, 0.2) is 0 Å². The van der Waals surface area contributed by atoms with Crippen LogP contribution >= 0.6 is 0 Å². The van der Waals surface area contributed by atoms with Gasteiger partial charge in [-0.1, -0.05) is 0 Å². The van der Waals surface area contributed by atoms with Crippen LogP contribution in [0.2, 0.25) is 0 Å². The van der Waals surface area contributed by atoms with Gasteiger partial charge < -0.3 is 9.84 Å². The molecule has 0 aromatic carbocycles. The molecule has 0 bridgehead atoms. The van der Waals surface area contributed by atoms with Gasteiger partial charge in [0.1, 0.15) is 0 Å². The van der Waals surface area contributed by atoms with Crippen LogP contribution in [0.4, 0.5) is 13.2 Å². The molecule has 1 heterocycles. The second kappa shape index (κ2) is 3.94. The molecule has 15 heavy (non-hydrogen) atoms. The molecule has 2 rings (SSSR count). The molecule has 1 saturated heterocycles. The van der Waals surface area contributed by atoms with Crippen LogP contribution in [0.25, 0.3) is 0 Å². The van der Waals surface area contributed by atoms with E-state index in [9.17, 15) is 13.2 Å². The fraction of sp³-hybridized carbons (Fsp3) is 1.00. The lowest BCUT2D eigenvalue weighted by atomic mass is 9.72. The van der Waals surface area contributed by atoms with Crippen LogP contribution in [0, 0.1) is 17.8 Å². The van der Waals surface area contributed by atoms with Gasteiger partial charge >= 0.3 is 6.18 Å². The summed E-state index contributed by atoms with van der Waals surface area (Å²) in [5.41, 5.74) is 0. The third kappa shape index (κ3) is 2.13. The molecule has 1 N–H and O–H groups in total. The van der Waals surface area contributed by atoms with Gasteiger partial charge in [0, 0.05) is 13.2 Å². The first-order valence-corrected chi connectivity index (χ1v) is 5.31. The summed E-state index contributed by atoms with van der Waals surface area (Å²) in [5, 5.41) is 9.10. The highest BCUT2D eigenvalue weighted by Gasteiger charge is 2.50. The number of rotatable bonds is 1. The highest BCUT2D eigenvalue weighted by atomic mass is 19.4. The van der Waals surface area contributed by atoms with Crippen molar-refractivity contribution in [3.63, 3.8) is 0 Å². The third-order valence-corrected chi connectivity index (χ3v) is 3.67. The van der Waals surface area contributed by atoms with Crippen molar-refractivity contribution < 1.29 is 23.0 Å². The van der Waals surface area contributed by atoms with E-state index in [2.05, 4.69) is 0 Å². The molecular weight excluding hydrogens is 209 g/mol. The van der Waals surface area contributed by atoms with E-state index in [4.69, 9.17) is 9.84 Å². The molecule has 88 valence electrons. The summed E-state index contributed by atoms with van der Waals surface area (Å²) in [6.45, 7) is 0.382. The molecule has 1 aliphatic carbocycles. The van der Waals surface area contributed by atoms with Crippen LogP contribution in [-0.2, 0) is 4.74 Å². The fourth-order valence-corrected chi connectivity index (χ4v) is 2.84. The first-order chi connectivity index (χ1) is 7.02. The molecule has 5 heteroatoms. The van der Waals surface area contributed by atoms with Gasteiger partial charge in [-0.15, -0.1) is 0 Å². The monoisotopic (exact) mass is 224 g/mol. The van der Waals surface area contributed by atoms with Crippen molar-refractivity contribution in [2.75, 3.05) is 13.2 Å². The Balaban J connectivity index is 2.08. The maximum Gasteiger partial charge on any atom is 0.391 e. The van der Waals surface area contributed by atoms with E-state index in [0.717, 1.165) is 6.42 Å². The summed E-state index contributed by atoms with van der Waals surface area (Å²) in [6, 6.07) is 0. The molecular formula is C10H15F3O2. The average molecular weight is 224 g/mol. The van der Waals surface area contributed by atoms with Gasteiger partial charge in [-0.25, -0.2) is 0 Å². The number of ether oxygens (including phenoxy) is 1. The molecule has 1 saturated carbocycles. The minimum atomic E-state index is -4.15. The van der Waals surface area contributed by atoms with Crippen molar-refractivity contribution in [3.05, 3.63) is 0 Å². The van der Waals surface area contributed by atoms with Gasteiger partial charge in [0.25, 0.3) is 0 Å². The second-order valence-corrected chi connectivity index (χ2v) is 4.51. The molecule has 2 nitrogen and oxygen atoms in total. The van der Waals surface area contributed by atoms with E-state index >= 15 is 0 Å². The predicted octanol–water partition coefficient (Wildman–Crippen LogP) is 1.97. The Morgan fingerprint density at radius 1 is 1.27 bits per heavy atom. The van der Waals surface area contributed by atoms with Crippen LogP contribution < -0.4 is 0 Å². The van der Waals surface area contributed by atoms with Crippen LogP contribution in [0.5, 0.6) is 0 Å². The summed E-state index contributed by atoms with van der Waals surface area (Å²) in [7, 11) is 0. The second-order valence-electron chi connectivity index (χ2n) is 4.51. The lowest BCUT2D eigenvalue weighted by Gasteiger charge is -2.37. The highest BCUT2D eigenvalue weighted by Crippen LogP contribution is 2.46. The molecule has 0 spiro atoms. The number of aliphatic hydroxyl groups is 1. The molecule has 0 radical (unpaired) electrons. The first-order valence-electron chi connectivity index (χ1n) is 5.31. The van der Waals surface area contributed by atoms with Crippen molar-refractivity contribution in [2.24, 2.45) is 17.8 Å². The van der Waals surface area contributed by atoms with E-state index in [1.807, 2.05) is 0 Å². The van der Waals surface area contributed by atoms with Crippen LogP contribution in [0.1, 0.15) is 19.3 Å². The fourth-order valence-electron chi connectivity index (χ4n) is 2.84. The van der Waals surface area contributed by atoms with E-state index in [0.29, 0.717) is 6.61 Å². The van der Waals surface area contributed by atoms with E-state index < -0.39 is 12.1 Å². The van der Waals surface area contributed by atoms with Gasteiger partial charge in [-0.3, -0.25) is 0 Å². The number of hydrogen-bond acceptors (Lipinski definition) is 2. The zero-order chi connectivity index (χ0) is 11.1. The standard InChI is InChI=1S/C10H15F3O2/c11-10(12,13)7-3-6(5-14)8-1-2-15-9(8)4-7/h6-9,14H,1-5H2/t6-,7-,8-,9+/m0/s1. The Morgan fingerprint density at radius 2 is 2.00 bits per heavy atom. The number of aliphatic hydroxyl groups excluding tert-OH is 1. The normalized spacial score (nSPS) is 41.6. The van der Waals surface area contributed by atoms with Gasteiger partial charge in [-0.05, 0) is 31.1 Å². The van der Waals surface area contributed by atoms with Crippen LogP contribution in [0.15, 0.2) is 0 Å². The van der Waals surface area contributed by atoms with Crippen LogP contribution in [0.3, 0.4) is 0 Å². The molecule has 0 unspecified atom stereocenters. The Kier molecular flexibility index (Phi) is 2.94. The minimum Gasteiger partial charge on any atom is -0.396 e. The van der Waals surface area contributed by atoms with Crippen molar-refractivity contribution in [1.29, 1.82) is 0 Å². The molecule has 0 aromatic rings. The topological polar surface area (TPSA) is 29.5 Å². The maximum absolute atomic E-state index is 12.6. The summed E-state index contributed by atoms with van der Waals surface area (Å²) < 4.78 is 43.0. The van der Waals surface area contributed by atoms with Crippen molar-refractivity contribution in [2.45, 2.75) is 31.5 Å². The number of hydrogen-bond donors (Lipinski definition) is 1. The number of fused-ring (bicyclic) bond motifs is 1. The van der Waals surface area contributed by atoms with Crippen LogP contribution in [-0.4, -0.2) is 30.6 Å². The number of alkyl halides is 3. The lowest BCUT2D eigenvalue weighted by molar-refractivity contribution is -0.199. The van der Waals surface area contributed by atoms with Gasteiger partial charge in [0.2, 0.25) is 0 Å². The Morgan fingerprint density at radius 3 is 2.60 bits per heavy atom. The first kappa shape index (κ1) is 11.2. The van der Waals surface area contributed by atoms with Gasteiger partial charge in [0.05, 0.1) is 12.0 Å². The molecule has 4 atom stereocenters. The Labute approximate surface area is 86.4 Å². The summed E-state index contributed by atoms with van der Waals surface area (Å²) in [5.74, 6) is -1.40. The smallest absolute Gasteiger partial charge is 0.391 e. The van der Waals surface area contributed by atoms with E-state index in [1.54, 1.807) is 0 Å². The van der Waals surface area contributed by atoms with Crippen molar-refractivity contribution in [3.8, 4) is 0 Å². The molecule has 1 aliphatic heterocycles. The van der Waals surface area contributed by atoms with Crippen molar-refractivity contribution in [1.82, 2.24) is 0 Å². The molecule has 2 aliphatic rings. The minimum absolute atomic E-state index is 0.0600. The highest BCUT2D eigenvalue weighted by molar-refractivity contribution is 4.91. The SMILES string of the molecule is OC[C@@H]1C[C@H](C(F)(F)F)C[C@H]2OCC[C@@H]12. The Hall–Kier alpha value is -0.290. The average Bonchev–Trinajstić information content (AvgIpc) is 2.62.